The predicted octanol–water partition coefficient (Wildman–Crippen LogP) is 0.0412. The van der Waals surface area contributed by atoms with E-state index in [4.69, 9.17) is 0 Å². The van der Waals surface area contributed by atoms with E-state index in [1.165, 1.54) is 6.92 Å². The minimum absolute atomic E-state index is 0.375. The van der Waals surface area contributed by atoms with E-state index in [2.05, 4.69) is 4.74 Å². The van der Waals surface area contributed by atoms with Gasteiger partial charge in [-0.15, -0.1) is 0 Å². The van der Waals surface area contributed by atoms with Gasteiger partial charge < -0.3 is 0 Å². The number of ether oxygens (including phenoxy) is 1. The Morgan fingerprint density at radius 3 is 2.25 bits per heavy atom. The van der Waals surface area contributed by atoms with Gasteiger partial charge in [0.25, 0.3) is 0 Å². The summed E-state index contributed by atoms with van der Waals surface area (Å²) in [5.41, 5.74) is 0. The van der Waals surface area contributed by atoms with Crippen LogP contribution in [0, 0.1) is 0 Å². The quantitative estimate of drug-likeness (QED) is 0.314. The fourth-order valence-corrected chi connectivity index (χ4v) is 0.425. The van der Waals surface area contributed by atoms with Crippen molar-refractivity contribution >= 4 is 11.9 Å². The minimum atomic E-state index is -0.525. The molecule has 0 saturated carbocycles. The molecule has 0 amide bonds. The molecule has 0 radical (unpaired) electrons. The number of carbonyl (C=O) groups is 2. The van der Waals surface area contributed by atoms with Crippen molar-refractivity contribution in [1.29, 1.82) is 0 Å². The first-order valence-corrected chi connectivity index (χ1v) is 4.27. The number of carbonyl (C=O) groups excluding carboxylic acids is 2. The maximum absolute atomic E-state index is 10.2. The summed E-state index contributed by atoms with van der Waals surface area (Å²) in [6.45, 7) is 1.22. The van der Waals surface area contributed by atoms with Gasteiger partial charge in [-0.25, -0.2) is 0 Å². The second-order valence-corrected chi connectivity index (χ2v) is 2.26. The Labute approximate surface area is 57.1 Å². The van der Waals surface area contributed by atoms with Gasteiger partial charge in [-0.3, -0.25) is 0 Å². The summed E-state index contributed by atoms with van der Waals surface area (Å²) in [4.78, 5) is 20.2. The zero-order valence-corrected chi connectivity index (χ0v) is 7.61. The summed E-state index contributed by atoms with van der Waals surface area (Å²) in [6, 6.07) is 0. The molecule has 0 spiro atoms. The van der Waals surface area contributed by atoms with Crippen molar-refractivity contribution < 1.29 is 32.6 Å². The molecule has 0 aliphatic rings. The molecule has 0 bridgehead atoms. The van der Waals surface area contributed by atoms with E-state index < -0.39 is 11.9 Å². The van der Waals surface area contributed by atoms with E-state index in [1.807, 2.05) is 0 Å². The molecule has 41 valence electrons. The summed E-state index contributed by atoms with van der Waals surface area (Å²) in [5, 5.41) is 0.375. The van der Waals surface area contributed by atoms with Crippen LogP contribution >= 0.6 is 0 Å². The van der Waals surface area contributed by atoms with Crippen LogP contribution in [0.4, 0.5) is 0 Å². The monoisotopic (exact) mass is 165 g/mol. The Bertz CT molecular complexity index is 110. The van der Waals surface area contributed by atoms with E-state index in [-0.39, 0.29) is 0 Å². The standard InChI is InChI=1S/C4H5O3.Zn/c1-3(5)7-4(2)6;/h1H2,2H3;. The molecular weight excluding hydrogens is 161 g/mol. The summed E-state index contributed by atoms with van der Waals surface area (Å²) in [5.74, 6) is -0.944. The van der Waals surface area contributed by atoms with Crippen LogP contribution in [0.1, 0.15) is 6.92 Å². The van der Waals surface area contributed by atoms with Gasteiger partial charge in [0.05, 0.1) is 0 Å². The van der Waals surface area contributed by atoms with E-state index in [0.29, 0.717) is 5.02 Å². The fourth-order valence-electron chi connectivity index (χ4n) is 0.211. The SMILES string of the molecule is CC(=O)OC(=O)[CH2][Zn]. The fraction of sp³-hybridized carbons (Fsp3) is 0.500. The van der Waals surface area contributed by atoms with Crippen molar-refractivity contribution in [2.75, 3.05) is 0 Å². The first kappa shape index (κ1) is 7.76. The summed E-state index contributed by atoms with van der Waals surface area (Å²) >= 11 is 0.839. The summed E-state index contributed by atoms with van der Waals surface area (Å²) in [7, 11) is 0. The van der Waals surface area contributed by atoms with Gasteiger partial charge in [-0.2, -0.15) is 0 Å². The topological polar surface area (TPSA) is 43.4 Å². The van der Waals surface area contributed by atoms with Crippen molar-refractivity contribution in [3.63, 3.8) is 0 Å². The van der Waals surface area contributed by atoms with Gasteiger partial charge in [0.1, 0.15) is 0 Å². The molecule has 0 atom stereocenters. The Hall–Kier alpha value is -0.237. The van der Waals surface area contributed by atoms with Crippen molar-refractivity contribution in [2.45, 2.75) is 11.9 Å². The van der Waals surface area contributed by atoms with Crippen molar-refractivity contribution in [3.8, 4) is 0 Å². The summed E-state index contributed by atoms with van der Waals surface area (Å²) < 4.78 is 4.15. The van der Waals surface area contributed by atoms with Crippen molar-refractivity contribution in [3.05, 3.63) is 0 Å². The Balaban J connectivity index is 3.40. The third-order valence-electron chi connectivity index (χ3n) is 0.462. The molecule has 0 heterocycles. The Morgan fingerprint density at radius 2 is 2.12 bits per heavy atom. The average molecular weight is 166 g/mol. The zero-order chi connectivity index (χ0) is 6.57. The second kappa shape index (κ2) is 3.73. The van der Waals surface area contributed by atoms with E-state index in [9.17, 15) is 9.59 Å². The number of rotatable bonds is 1. The first-order chi connectivity index (χ1) is 3.66. The third kappa shape index (κ3) is 3.94. The van der Waals surface area contributed by atoms with E-state index >= 15 is 0 Å². The molecule has 0 fully saturated rings. The summed E-state index contributed by atoms with van der Waals surface area (Å²) in [6.07, 6.45) is 0. The maximum atomic E-state index is 10.2. The van der Waals surface area contributed by atoms with Gasteiger partial charge in [-0.05, 0) is 0 Å². The van der Waals surface area contributed by atoms with E-state index in [0.717, 1.165) is 18.3 Å². The molecular formula is C4H5O3Zn. The van der Waals surface area contributed by atoms with Crippen LogP contribution in [0.5, 0.6) is 0 Å². The normalized spacial score (nSPS) is 8.38. The van der Waals surface area contributed by atoms with Crippen LogP contribution in [-0.2, 0) is 32.6 Å². The molecule has 4 heteroatoms. The average Bonchev–Trinajstić information content (AvgIpc) is 1.65. The number of hydrogen-bond acceptors (Lipinski definition) is 3. The molecule has 0 saturated heterocycles. The molecule has 0 aliphatic carbocycles. The van der Waals surface area contributed by atoms with Crippen LogP contribution in [0.3, 0.4) is 0 Å². The van der Waals surface area contributed by atoms with Crippen LogP contribution in [0.2, 0.25) is 5.02 Å². The molecule has 0 aromatic heterocycles. The Morgan fingerprint density at radius 1 is 1.62 bits per heavy atom. The molecule has 0 aliphatic heterocycles. The first-order valence-electron chi connectivity index (χ1n) is 2.17. The predicted molar refractivity (Wildman–Crippen MR) is 21.6 cm³/mol. The molecule has 0 rings (SSSR count). The van der Waals surface area contributed by atoms with Gasteiger partial charge in [0, 0.05) is 0 Å². The van der Waals surface area contributed by atoms with Crippen LogP contribution in [-0.4, -0.2) is 11.9 Å². The molecule has 0 aromatic rings. The van der Waals surface area contributed by atoms with Gasteiger partial charge in [-0.1, -0.05) is 0 Å². The third-order valence-corrected chi connectivity index (χ3v) is 1.32. The molecule has 0 unspecified atom stereocenters. The molecule has 0 N–H and O–H groups in total. The van der Waals surface area contributed by atoms with Crippen LogP contribution < -0.4 is 0 Å². The zero-order valence-electron chi connectivity index (χ0n) is 4.64. The molecule has 8 heavy (non-hydrogen) atoms. The number of esters is 2. The van der Waals surface area contributed by atoms with Crippen LogP contribution in [0.25, 0.3) is 0 Å². The van der Waals surface area contributed by atoms with Gasteiger partial charge in [0.15, 0.2) is 0 Å². The number of hydrogen-bond donors (Lipinski definition) is 0. The second-order valence-electron chi connectivity index (χ2n) is 1.22. The van der Waals surface area contributed by atoms with Crippen molar-refractivity contribution in [2.24, 2.45) is 0 Å². The van der Waals surface area contributed by atoms with Crippen molar-refractivity contribution in [1.82, 2.24) is 0 Å². The van der Waals surface area contributed by atoms with Gasteiger partial charge >= 0.3 is 56.5 Å². The van der Waals surface area contributed by atoms with Crippen LogP contribution in [0.15, 0.2) is 0 Å². The molecule has 0 aromatic carbocycles. The Kier molecular flexibility index (Phi) is 3.62. The van der Waals surface area contributed by atoms with E-state index in [1.54, 1.807) is 0 Å². The van der Waals surface area contributed by atoms with Gasteiger partial charge in [0.2, 0.25) is 0 Å². The molecule has 3 nitrogen and oxygen atoms in total.